The van der Waals surface area contributed by atoms with E-state index >= 15 is 0 Å². The number of fused-ring (bicyclic) bond motifs is 2. The molecule has 98 valence electrons. The summed E-state index contributed by atoms with van der Waals surface area (Å²) in [5.41, 5.74) is 0. The highest BCUT2D eigenvalue weighted by Crippen LogP contribution is 2.42. The molecule has 3 heteroatoms. The fourth-order valence-corrected chi connectivity index (χ4v) is 3.43. The molecule has 1 fully saturated rings. The van der Waals surface area contributed by atoms with Crippen molar-refractivity contribution in [2.24, 2.45) is 17.8 Å². The van der Waals surface area contributed by atoms with Gasteiger partial charge in [-0.25, -0.2) is 4.98 Å². The van der Waals surface area contributed by atoms with Crippen LogP contribution in [0.4, 0.5) is 0 Å². The summed E-state index contributed by atoms with van der Waals surface area (Å²) < 4.78 is 2.22. The lowest BCUT2D eigenvalue weighted by molar-refractivity contribution is 0.409. The maximum absolute atomic E-state index is 4.24. The van der Waals surface area contributed by atoms with Crippen LogP contribution in [0.2, 0.25) is 0 Å². The molecule has 3 rings (SSSR count). The molecule has 2 aliphatic rings. The number of nitrogens with one attached hydrogen (secondary N) is 1. The summed E-state index contributed by atoms with van der Waals surface area (Å²) in [6.45, 7) is 5.47. The van der Waals surface area contributed by atoms with Gasteiger partial charge >= 0.3 is 0 Å². The Hall–Kier alpha value is -1.09. The number of aromatic nitrogens is 2. The Labute approximate surface area is 109 Å². The summed E-state index contributed by atoms with van der Waals surface area (Å²) in [6, 6.07) is 0. The molecule has 0 aliphatic heterocycles. The Balaban J connectivity index is 1.32. The molecule has 3 nitrogen and oxygen atoms in total. The number of nitrogens with zero attached hydrogens (tertiary/aromatic N) is 2. The predicted molar refractivity (Wildman–Crippen MR) is 73.3 cm³/mol. The van der Waals surface area contributed by atoms with Gasteiger partial charge in [0.05, 0.1) is 0 Å². The molecule has 0 spiro atoms. The molecule has 1 saturated carbocycles. The Bertz CT molecular complexity index is 421. The lowest BCUT2D eigenvalue weighted by atomic mass is 9.94. The van der Waals surface area contributed by atoms with Gasteiger partial charge in [-0.05, 0) is 57.0 Å². The van der Waals surface area contributed by atoms with Gasteiger partial charge in [-0.3, -0.25) is 0 Å². The number of allylic oxidation sites excluding steroid dienone is 2. The smallest absolute Gasteiger partial charge is 0.105 e. The molecule has 0 amide bonds. The predicted octanol–water partition coefficient (Wildman–Crippen LogP) is 2.38. The average molecular weight is 245 g/mol. The Morgan fingerprint density at radius 2 is 2.33 bits per heavy atom. The fourth-order valence-electron chi connectivity index (χ4n) is 3.43. The number of aryl methyl sites for hydroxylation is 2. The lowest BCUT2D eigenvalue weighted by Gasteiger charge is -2.18. The standard InChI is InChI=1S/C15H23N3/c1-12-17-6-8-18(12)7-2-5-16-11-15-10-13-3-4-14(15)9-13/h3-4,6,8,13-16H,2,5,7,9-11H2,1H3/t13-,14-,15-/m0/s1. The van der Waals surface area contributed by atoms with Gasteiger partial charge in [-0.15, -0.1) is 0 Å². The molecular weight excluding hydrogens is 222 g/mol. The van der Waals surface area contributed by atoms with Crippen LogP contribution in [0.1, 0.15) is 25.1 Å². The number of hydrogen-bond acceptors (Lipinski definition) is 2. The van der Waals surface area contributed by atoms with Crippen LogP contribution in [0.25, 0.3) is 0 Å². The van der Waals surface area contributed by atoms with E-state index in [1.54, 1.807) is 0 Å². The minimum atomic E-state index is 0.874. The highest BCUT2D eigenvalue weighted by Gasteiger charge is 2.34. The monoisotopic (exact) mass is 245 g/mol. The third-order valence-electron chi connectivity index (χ3n) is 4.50. The van der Waals surface area contributed by atoms with E-state index in [-0.39, 0.29) is 0 Å². The molecule has 0 unspecified atom stereocenters. The lowest BCUT2D eigenvalue weighted by Crippen LogP contribution is -2.26. The summed E-state index contributed by atoms with van der Waals surface area (Å²) in [6.07, 6.45) is 12.8. The van der Waals surface area contributed by atoms with Crippen molar-refractivity contribution in [1.29, 1.82) is 0 Å². The third-order valence-corrected chi connectivity index (χ3v) is 4.50. The first kappa shape index (κ1) is 12.0. The van der Waals surface area contributed by atoms with Crippen molar-refractivity contribution in [3.8, 4) is 0 Å². The summed E-state index contributed by atoms with van der Waals surface area (Å²) in [5, 5.41) is 3.63. The van der Waals surface area contributed by atoms with Crippen LogP contribution in [0, 0.1) is 24.7 Å². The minimum absolute atomic E-state index is 0.874. The van der Waals surface area contributed by atoms with Gasteiger partial charge in [0.15, 0.2) is 0 Å². The van der Waals surface area contributed by atoms with Crippen LogP contribution >= 0.6 is 0 Å². The second-order valence-electron chi connectivity index (χ2n) is 5.77. The topological polar surface area (TPSA) is 29.9 Å². The molecule has 3 atom stereocenters. The van der Waals surface area contributed by atoms with Crippen LogP contribution in [-0.2, 0) is 6.54 Å². The molecule has 1 N–H and O–H groups in total. The van der Waals surface area contributed by atoms with E-state index in [9.17, 15) is 0 Å². The molecule has 1 aromatic rings. The normalized spacial score (nSPS) is 29.3. The van der Waals surface area contributed by atoms with Crippen LogP contribution < -0.4 is 5.32 Å². The van der Waals surface area contributed by atoms with Crippen molar-refractivity contribution in [1.82, 2.24) is 14.9 Å². The molecule has 2 bridgehead atoms. The number of hydrogen-bond donors (Lipinski definition) is 1. The second kappa shape index (κ2) is 5.27. The Morgan fingerprint density at radius 1 is 1.39 bits per heavy atom. The Kier molecular flexibility index (Phi) is 3.50. The van der Waals surface area contributed by atoms with Gasteiger partial charge in [0, 0.05) is 18.9 Å². The van der Waals surface area contributed by atoms with E-state index in [1.165, 1.54) is 25.8 Å². The molecule has 0 radical (unpaired) electrons. The zero-order chi connectivity index (χ0) is 12.4. The molecule has 18 heavy (non-hydrogen) atoms. The van der Waals surface area contributed by atoms with Crippen LogP contribution in [0.15, 0.2) is 24.5 Å². The molecule has 0 aromatic carbocycles. The minimum Gasteiger partial charge on any atom is -0.335 e. The van der Waals surface area contributed by atoms with Crippen molar-refractivity contribution >= 4 is 0 Å². The summed E-state index contributed by atoms with van der Waals surface area (Å²) in [7, 11) is 0. The first-order valence-electron chi connectivity index (χ1n) is 7.19. The van der Waals surface area contributed by atoms with Crippen molar-refractivity contribution in [2.75, 3.05) is 13.1 Å². The highest BCUT2D eigenvalue weighted by atomic mass is 15.1. The zero-order valence-corrected chi connectivity index (χ0v) is 11.2. The van der Waals surface area contributed by atoms with Crippen LogP contribution in [0.3, 0.4) is 0 Å². The highest BCUT2D eigenvalue weighted by molar-refractivity contribution is 5.10. The fraction of sp³-hybridized carbons (Fsp3) is 0.667. The third kappa shape index (κ3) is 2.51. The van der Waals surface area contributed by atoms with Gasteiger partial charge in [0.2, 0.25) is 0 Å². The molecule has 2 aliphatic carbocycles. The number of imidazole rings is 1. The van der Waals surface area contributed by atoms with E-state index in [4.69, 9.17) is 0 Å². The molecule has 0 saturated heterocycles. The maximum Gasteiger partial charge on any atom is 0.105 e. The van der Waals surface area contributed by atoms with E-state index in [0.717, 1.165) is 36.7 Å². The Morgan fingerprint density at radius 3 is 3.00 bits per heavy atom. The maximum atomic E-state index is 4.24. The van der Waals surface area contributed by atoms with E-state index in [1.807, 2.05) is 6.20 Å². The van der Waals surface area contributed by atoms with E-state index < -0.39 is 0 Å². The number of rotatable bonds is 6. The van der Waals surface area contributed by atoms with Crippen molar-refractivity contribution in [2.45, 2.75) is 32.7 Å². The summed E-state index contributed by atoms with van der Waals surface area (Å²) >= 11 is 0. The van der Waals surface area contributed by atoms with Gasteiger partial charge in [-0.2, -0.15) is 0 Å². The van der Waals surface area contributed by atoms with E-state index in [0.29, 0.717) is 0 Å². The zero-order valence-electron chi connectivity index (χ0n) is 11.2. The first-order chi connectivity index (χ1) is 8.83. The van der Waals surface area contributed by atoms with Crippen molar-refractivity contribution in [3.63, 3.8) is 0 Å². The van der Waals surface area contributed by atoms with Gasteiger partial charge < -0.3 is 9.88 Å². The summed E-state index contributed by atoms with van der Waals surface area (Å²) in [4.78, 5) is 4.24. The van der Waals surface area contributed by atoms with Crippen LogP contribution in [0.5, 0.6) is 0 Å². The first-order valence-corrected chi connectivity index (χ1v) is 7.19. The molecular formula is C15H23N3. The molecule has 1 aromatic heterocycles. The largest absolute Gasteiger partial charge is 0.335 e. The quantitative estimate of drug-likeness (QED) is 0.616. The van der Waals surface area contributed by atoms with Crippen molar-refractivity contribution in [3.05, 3.63) is 30.4 Å². The SMILES string of the molecule is Cc1nccn1CCCNC[C@@H]1C[C@H]2C=C[C@H]1C2. The van der Waals surface area contributed by atoms with E-state index in [2.05, 4.69) is 40.1 Å². The molecule has 1 heterocycles. The second-order valence-corrected chi connectivity index (χ2v) is 5.77. The van der Waals surface area contributed by atoms with Gasteiger partial charge in [0.25, 0.3) is 0 Å². The summed E-state index contributed by atoms with van der Waals surface area (Å²) in [5.74, 6) is 3.79. The van der Waals surface area contributed by atoms with Crippen molar-refractivity contribution < 1.29 is 0 Å². The average Bonchev–Trinajstić information content (AvgIpc) is 3.06. The van der Waals surface area contributed by atoms with Gasteiger partial charge in [-0.1, -0.05) is 12.2 Å². The van der Waals surface area contributed by atoms with Crippen LogP contribution in [-0.4, -0.2) is 22.6 Å². The van der Waals surface area contributed by atoms with Gasteiger partial charge in [0.1, 0.15) is 5.82 Å².